The van der Waals surface area contributed by atoms with Gasteiger partial charge in [-0.1, -0.05) is 25.1 Å². The Kier molecular flexibility index (Phi) is 4.20. The predicted molar refractivity (Wildman–Crippen MR) is 76.1 cm³/mol. The predicted octanol–water partition coefficient (Wildman–Crippen LogP) is 1.89. The van der Waals surface area contributed by atoms with Gasteiger partial charge in [-0.15, -0.1) is 0 Å². The van der Waals surface area contributed by atoms with Crippen LogP contribution >= 0.6 is 0 Å². The number of nitrogens with two attached hydrogens (primary N) is 1. The summed E-state index contributed by atoms with van der Waals surface area (Å²) in [6.45, 7) is 3.92. The zero-order valence-electron chi connectivity index (χ0n) is 11.1. The summed E-state index contributed by atoms with van der Waals surface area (Å²) in [6.07, 6.45) is 0.776. The van der Waals surface area contributed by atoms with E-state index in [0.717, 1.165) is 29.1 Å². The number of nitrogens with zero attached hydrogens (tertiary/aromatic N) is 3. The second-order valence-corrected chi connectivity index (χ2v) is 4.14. The van der Waals surface area contributed by atoms with E-state index in [9.17, 15) is 0 Å². The number of amidine groups is 1. The Morgan fingerprint density at radius 2 is 2.00 bits per heavy atom. The molecule has 0 fully saturated rings. The number of aryl methyl sites for hydroxylation is 2. The van der Waals surface area contributed by atoms with Crippen LogP contribution in [0.4, 0.5) is 5.69 Å². The average Bonchev–Trinajstić information content (AvgIpc) is 2.46. The zero-order valence-corrected chi connectivity index (χ0v) is 11.1. The summed E-state index contributed by atoms with van der Waals surface area (Å²) < 4.78 is 0. The lowest BCUT2D eigenvalue weighted by molar-refractivity contribution is 0.881. The maximum Gasteiger partial charge on any atom is 0.149 e. The van der Waals surface area contributed by atoms with E-state index in [1.54, 1.807) is 0 Å². The van der Waals surface area contributed by atoms with Crippen molar-refractivity contribution in [1.29, 1.82) is 0 Å². The lowest BCUT2D eigenvalue weighted by atomic mass is 10.1. The Morgan fingerprint density at radius 3 is 2.63 bits per heavy atom. The molecule has 98 valence electrons. The van der Waals surface area contributed by atoms with E-state index < -0.39 is 0 Å². The molecule has 5 heteroatoms. The molecule has 5 nitrogen and oxygen atoms in total. The van der Waals surface area contributed by atoms with Crippen molar-refractivity contribution in [1.82, 2.24) is 15.6 Å². The van der Waals surface area contributed by atoms with Crippen molar-refractivity contribution in [2.24, 2.45) is 10.8 Å². The largest absolute Gasteiger partial charge is 0.308 e. The van der Waals surface area contributed by atoms with Gasteiger partial charge in [0.25, 0.3) is 0 Å². The van der Waals surface area contributed by atoms with Crippen LogP contribution in [-0.2, 0) is 6.42 Å². The summed E-state index contributed by atoms with van der Waals surface area (Å²) in [6, 6.07) is 11.6. The molecule has 3 N–H and O–H groups in total. The molecular formula is C14H17N5. The first kappa shape index (κ1) is 13.2. The van der Waals surface area contributed by atoms with E-state index in [4.69, 9.17) is 5.84 Å². The van der Waals surface area contributed by atoms with Crippen LogP contribution in [0.1, 0.15) is 23.9 Å². The monoisotopic (exact) mass is 255 g/mol. The average molecular weight is 255 g/mol. The highest BCUT2D eigenvalue weighted by molar-refractivity contribution is 6.00. The molecule has 0 aliphatic carbocycles. The summed E-state index contributed by atoms with van der Waals surface area (Å²) in [4.78, 5) is 4.51. The smallest absolute Gasteiger partial charge is 0.149 e. The Hall–Kier alpha value is -2.27. The molecule has 0 aliphatic rings. The van der Waals surface area contributed by atoms with Gasteiger partial charge in [0.1, 0.15) is 5.84 Å². The van der Waals surface area contributed by atoms with Crippen LogP contribution in [0.15, 0.2) is 41.4 Å². The molecule has 1 aromatic heterocycles. The minimum Gasteiger partial charge on any atom is -0.308 e. The normalized spacial score (nSPS) is 11.4. The van der Waals surface area contributed by atoms with Gasteiger partial charge in [0.15, 0.2) is 0 Å². The maximum atomic E-state index is 5.60. The van der Waals surface area contributed by atoms with Crippen LogP contribution in [0.25, 0.3) is 0 Å². The quantitative estimate of drug-likeness (QED) is 0.380. The van der Waals surface area contributed by atoms with Crippen LogP contribution in [-0.4, -0.2) is 16.0 Å². The second-order valence-electron chi connectivity index (χ2n) is 4.14. The molecule has 0 saturated heterocycles. The van der Waals surface area contributed by atoms with Gasteiger partial charge in [-0.25, -0.2) is 10.8 Å². The molecule has 0 saturated carbocycles. The number of aliphatic imine (C=N–C) groups is 1. The van der Waals surface area contributed by atoms with Crippen molar-refractivity contribution in [3.05, 3.63) is 53.3 Å². The van der Waals surface area contributed by atoms with Gasteiger partial charge in [-0.2, -0.15) is 10.2 Å². The molecule has 0 amide bonds. The minimum absolute atomic E-state index is 0.598. The Morgan fingerprint density at radius 1 is 1.26 bits per heavy atom. The summed E-state index contributed by atoms with van der Waals surface area (Å²) >= 11 is 0. The number of benzene rings is 1. The van der Waals surface area contributed by atoms with Crippen LogP contribution in [0.5, 0.6) is 0 Å². The lowest BCUT2D eigenvalue weighted by Gasteiger charge is -2.10. The summed E-state index contributed by atoms with van der Waals surface area (Å²) in [7, 11) is 0. The van der Waals surface area contributed by atoms with E-state index in [2.05, 4.69) is 20.6 Å². The molecule has 2 aromatic rings. The molecule has 2 rings (SSSR count). The Balaban J connectivity index is 2.48. The standard InChI is InChI=1S/C14H17N5/c1-3-13-12(9-10(2)18-19-13)14(17-15)16-11-7-5-4-6-8-11/h4-9H,3,15H2,1-2H3,(H,16,17). The SMILES string of the molecule is CCc1nnc(C)cc1C(=Nc1ccccc1)NN. The highest BCUT2D eigenvalue weighted by atomic mass is 15.3. The van der Waals surface area contributed by atoms with Gasteiger partial charge in [0.05, 0.1) is 17.1 Å². The maximum absolute atomic E-state index is 5.60. The van der Waals surface area contributed by atoms with Gasteiger partial charge < -0.3 is 5.43 Å². The molecule has 19 heavy (non-hydrogen) atoms. The number of hydrogen-bond donors (Lipinski definition) is 2. The van der Waals surface area contributed by atoms with E-state index >= 15 is 0 Å². The lowest BCUT2D eigenvalue weighted by Crippen LogP contribution is -2.32. The third kappa shape index (κ3) is 3.14. The van der Waals surface area contributed by atoms with Gasteiger partial charge in [-0.05, 0) is 31.5 Å². The molecule has 0 unspecified atom stereocenters. The van der Waals surface area contributed by atoms with Crippen molar-refractivity contribution in [2.75, 3.05) is 0 Å². The Bertz CT molecular complexity index is 578. The van der Waals surface area contributed by atoms with E-state index in [0.29, 0.717) is 5.84 Å². The molecule has 1 aromatic carbocycles. The second kappa shape index (κ2) is 6.06. The van der Waals surface area contributed by atoms with Crippen LogP contribution < -0.4 is 11.3 Å². The summed E-state index contributed by atoms with van der Waals surface area (Å²) in [5, 5.41) is 8.24. The highest BCUT2D eigenvalue weighted by Crippen LogP contribution is 2.14. The summed E-state index contributed by atoms with van der Waals surface area (Å²) in [5.41, 5.74) is 6.09. The van der Waals surface area contributed by atoms with Crippen molar-refractivity contribution in [3.8, 4) is 0 Å². The first-order valence-corrected chi connectivity index (χ1v) is 6.18. The van der Waals surface area contributed by atoms with Gasteiger partial charge in [0, 0.05) is 5.56 Å². The molecular weight excluding hydrogens is 238 g/mol. The van der Waals surface area contributed by atoms with Gasteiger partial charge in [-0.3, -0.25) is 0 Å². The first-order chi connectivity index (χ1) is 9.24. The van der Waals surface area contributed by atoms with Crippen LogP contribution in [0.2, 0.25) is 0 Å². The van der Waals surface area contributed by atoms with Crippen molar-refractivity contribution >= 4 is 11.5 Å². The third-order valence-electron chi connectivity index (χ3n) is 2.72. The molecule has 0 bridgehead atoms. The number of nitrogens with one attached hydrogen (secondary N) is 1. The molecule has 0 spiro atoms. The van der Waals surface area contributed by atoms with Gasteiger partial charge in [0.2, 0.25) is 0 Å². The molecule has 0 atom stereocenters. The molecule has 0 radical (unpaired) electrons. The van der Waals surface area contributed by atoms with Crippen molar-refractivity contribution in [2.45, 2.75) is 20.3 Å². The fourth-order valence-corrected chi connectivity index (χ4v) is 1.78. The number of para-hydroxylation sites is 1. The number of hydrazine groups is 1. The fourth-order valence-electron chi connectivity index (χ4n) is 1.78. The fraction of sp³-hybridized carbons (Fsp3) is 0.214. The number of rotatable bonds is 3. The third-order valence-corrected chi connectivity index (χ3v) is 2.72. The van der Waals surface area contributed by atoms with E-state index in [-0.39, 0.29) is 0 Å². The summed E-state index contributed by atoms with van der Waals surface area (Å²) in [5.74, 6) is 6.20. The van der Waals surface area contributed by atoms with Crippen molar-refractivity contribution < 1.29 is 0 Å². The zero-order chi connectivity index (χ0) is 13.7. The van der Waals surface area contributed by atoms with E-state index in [1.165, 1.54) is 0 Å². The number of aromatic nitrogens is 2. The van der Waals surface area contributed by atoms with Crippen molar-refractivity contribution in [3.63, 3.8) is 0 Å². The van der Waals surface area contributed by atoms with E-state index in [1.807, 2.05) is 50.2 Å². The number of hydrogen-bond acceptors (Lipinski definition) is 4. The molecule has 0 aliphatic heterocycles. The minimum atomic E-state index is 0.598. The Labute approximate surface area is 112 Å². The highest BCUT2D eigenvalue weighted by Gasteiger charge is 2.10. The topological polar surface area (TPSA) is 76.2 Å². The molecule has 1 heterocycles. The van der Waals surface area contributed by atoms with Crippen LogP contribution in [0.3, 0.4) is 0 Å². The van der Waals surface area contributed by atoms with Crippen LogP contribution in [0, 0.1) is 6.92 Å². The van der Waals surface area contributed by atoms with Gasteiger partial charge >= 0.3 is 0 Å². The first-order valence-electron chi connectivity index (χ1n) is 6.18.